The first-order chi connectivity index (χ1) is 9.15. The highest BCUT2D eigenvalue weighted by Gasteiger charge is 2.48. The van der Waals surface area contributed by atoms with Crippen LogP contribution >= 0.6 is 0 Å². The zero-order chi connectivity index (χ0) is 13.8. The summed E-state index contributed by atoms with van der Waals surface area (Å²) < 4.78 is 9.93. The van der Waals surface area contributed by atoms with Crippen molar-refractivity contribution < 1.29 is 19.1 Å². The number of amides is 1. The fraction of sp³-hybridized carbons (Fsp3) is 0.857. The highest BCUT2D eigenvalue weighted by molar-refractivity contribution is 5.84. The van der Waals surface area contributed by atoms with Crippen LogP contribution in [0.1, 0.15) is 26.2 Å². The molecule has 5 heteroatoms. The van der Waals surface area contributed by atoms with Gasteiger partial charge in [-0.15, -0.1) is 0 Å². The molecule has 2 aliphatic rings. The minimum absolute atomic E-state index is 0.0435. The van der Waals surface area contributed by atoms with Crippen LogP contribution in [-0.4, -0.2) is 50.2 Å². The maximum atomic E-state index is 12.4. The number of fused-ring (bicyclic) bond motifs is 1. The van der Waals surface area contributed by atoms with Gasteiger partial charge >= 0.3 is 5.97 Å². The molecule has 2 unspecified atom stereocenters. The second-order valence-corrected chi connectivity index (χ2v) is 5.48. The number of nitrogens with zero attached hydrogens (tertiary/aromatic N) is 1. The van der Waals surface area contributed by atoms with Gasteiger partial charge in [-0.1, -0.05) is 0 Å². The van der Waals surface area contributed by atoms with E-state index in [1.54, 1.807) is 18.9 Å². The summed E-state index contributed by atoms with van der Waals surface area (Å²) in [4.78, 5) is 25.6. The number of rotatable bonds is 7. The zero-order valence-corrected chi connectivity index (χ0v) is 11.8. The number of hydrogen-bond donors (Lipinski definition) is 0. The van der Waals surface area contributed by atoms with Gasteiger partial charge in [0, 0.05) is 19.6 Å². The largest absolute Gasteiger partial charge is 0.465 e. The highest BCUT2D eigenvalue weighted by atomic mass is 16.5. The van der Waals surface area contributed by atoms with E-state index in [4.69, 9.17) is 9.47 Å². The normalized spacial score (nSPS) is 27.8. The van der Waals surface area contributed by atoms with Crippen molar-refractivity contribution in [2.24, 2.45) is 17.8 Å². The Bertz CT molecular complexity index is 334. The molecular formula is C14H23NO4. The molecule has 19 heavy (non-hydrogen) atoms. The lowest BCUT2D eigenvalue weighted by atomic mass is 10.0. The summed E-state index contributed by atoms with van der Waals surface area (Å²) in [6.07, 6.45) is 3.28. The quantitative estimate of drug-likeness (QED) is 0.649. The van der Waals surface area contributed by atoms with Crippen LogP contribution in [0, 0.1) is 17.8 Å². The number of carbonyl (C=O) groups is 2. The van der Waals surface area contributed by atoms with Gasteiger partial charge in [0.25, 0.3) is 0 Å². The van der Waals surface area contributed by atoms with Crippen molar-refractivity contribution in [1.29, 1.82) is 0 Å². The molecule has 2 aliphatic carbocycles. The topological polar surface area (TPSA) is 55.8 Å². The van der Waals surface area contributed by atoms with E-state index in [1.807, 2.05) is 0 Å². The van der Waals surface area contributed by atoms with Crippen LogP contribution in [0.15, 0.2) is 0 Å². The molecule has 0 spiro atoms. The highest BCUT2D eigenvalue weighted by Crippen LogP contribution is 2.54. The minimum atomic E-state index is -0.338. The monoisotopic (exact) mass is 269 g/mol. The van der Waals surface area contributed by atoms with Crippen LogP contribution in [0.2, 0.25) is 0 Å². The number of esters is 1. The maximum Gasteiger partial charge on any atom is 0.325 e. The lowest BCUT2D eigenvalue weighted by molar-refractivity contribution is -0.150. The van der Waals surface area contributed by atoms with Gasteiger partial charge in [0.1, 0.15) is 6.54 Å². The van der Waals surface area contributed by atoms with Gasteiger partial charge in [-0.25, -0.2) is 0 Å². The van der Waals surface area contributed by atoms with Crippen molar-refractivity contribution in [3.63, 3.8) is 0 Å². The van der Waals surface area contributed by atoms with Crippen LogP contribution in [0.3, 0.4) is 0 Å². The molecule has 0 bridgehead atoms. The van der Waals surface area contributed by atoms with Crippen LogP contribution in [0.25, 0.3) is 0 Å². The Morgan fingerprint density at radius 1 is 1.21 bits per heavy atom. The van der Waals surface area contributed by atoms with Gasteiger partial charge in [0.2, 0.25) is 5.91 Å². The number of carbonyl (C=O) groups excluding carboxylic acids is 2. The molecule has 5 nitrogen and oxygen atoms in total. The second-order valence-electron chi connectivity index (χ2n) is 5.48. The Kier molecular flexibility index (Phi) is 4.80. The van der Waals surface area contributed by atoms with E-state index in [9.17, 15) is 9.59 Å². The Balaban J connectivity index is 1.87. The van der Waals surface area contributed by atoms with Crippen molar-refractivity contribution in [1.82, 2.24) is 4.90 Å². The van der Waals surface area contributed by atoms with Crippen LogP contribution in [-0.2, 0) is 19.1 Å². The van der Waals surface area contributed by atoms with Crippen LogP contribution < -0.4 is 0 Å². The third-order valence-corrected chi connectivity index (χ3v) is 4.10. The van der Waals surface area contributed by atoms with Gasteiger partial charge in [-0.05, 0) is 38.0 Å². The Labute approximate surface area is 114 Å². The SMILES string of the molecule is CCOC(=O)CN(CCOC)C(=O)C1CC2CC2C1. The summed E-state index contributed by atoms with van der Waals surface area (Å²) in [5.41, 5.74) is 0. The Morgan fingerprint density at radius 2 is 1.89 bits per heavy atom. The van der Waals surface area contributed by atoms with Gasteiger partial charge in [0.05, 0.1) is 13.2 Å². The molecular weight excluding hydrogens is 246 g/mol. The van der Waals surface area contributed by atoms with E-state index in [0.29, 0.717) is 19.8 Å². The van der Waals surface area contributed by atoms with Gasteiger partial charge in [-0.3, -0.25) is 9.59 Å². The minimum Gasteiger partial charge on any atom is -0.465 e. The molecule has 0 saturated heterocycles. The first-order valence-corrected chi connectivity index (χ1v) is 7.09. The van der Waals surface area contributed by atoms with E-state index in [1.165, 1.54) is 6.42 Å². The number of methoxy groups -OCH3 is 1. The smallest absolute Gasteiger partial charge is 0.325 e. The molecule has 0 heterocycles. The van der Waals surface area contributed by atoms with Crippen molar-refractivity contribution in [3.8, 4) is 0 Å². The zero-order valence-electron chi connectivity index (χ0n) is 11.8. The summed E-state index contributed by atoms with van der Waals surface area (Å²) in [6.45, 7) is 3.06. The molecule has 108 valence electrons. The fourth-order valence-corrected chi connectivity index (χ4v) is 3.01. The predicted molar refractivity (Wildman–Crippen MR) is 69.4 cm³/mol. The van der Waals surface area contributed by atoms with Crippen LogP contribution in [0.5, 0.6) is 0 Å². The van der Waals surface area contributed by atoms with Crippen molar-refractivity contribution >= 4 is 11.9 Å². The molecule has 2 fully saturated rings. The summed E-state index contributed by atoms with van der Waals surface area (Å²) in [6, 6.07) is 0. The van der Waals surface area contributed by atoms with Crippen molar-refractivity contribution in [3.05, 3.63) is 0 Å². The molecule has 0 aromatic rings. The lowest BCUT2D eigenvalue weighted by Gasteiger charge is -2.25. The second kappa shape index (κ2) is 6.37. The van der Waals surface area contributed by atoms with Crippen LogP contribution in [0.4, 0.5) is 0 Å². The number of hydrogen-bond acceptors (Lipinski definition) is 4. The third kappa shape index (κ3) is 3.69. The molecule has 1 amide bonds. The molecule has 0 N–H and O–H groups in total. The summed E-state index contributed by atoms with van der Waals surface area (Å²) >= 11 is 0. The van der Waals surface area contributed by atoms with E-state index in [0.717, 1.165) is 24.7 Å². The molecule has 0 aromatic heterocycles. The lowest BCUT2D eigenvalue weighted by Crippen LogP contribution is -2.41. The molecule has 0 aliphatic heterocycles. The standard InChI is InChI=1S/C14H23NO4/c1-3-19-13(16)9-15(4-5-18-2)14(17)12-7-10-6-11(10)8-12/h10-12H,3-9H2,1-2H3. The molecule has 2 atom stereocenters. The van der Waals surface area contributed by atoms with Gasteiger partial charge < -0.3 is 14.4 Å². The van der Waals surface area contributed by atoms with E-state index in [-0.39, 0.29) is 24.3 Å². The summed E-state index contributed by atoms with van der Waals surface area (Å²) in [7, 11) is 1.60. The Hall–Kier alpha value is -1.10. The average Bonchev–Trinajstić information content (AvgIpc) is 3.00. The van der Waals surface area contributed by atoms with Gasteiger partial charge in [0.15, 0.2) is 0 Å². The van der Waals surface area contributed by atoms with Crippen molar-refractivity contribution in [2.75, 3.05) is 33.4 Å². The summed E-state index contributed by atoms with van der Waals surface area (Å²) in [5, 5.41) is 0. The third-order valence-electron chi connectivity index (χ3n) is 4.10. The summed E-state index contributed by atoms with van der Waals surface area (Å²) in [5.74, 6) is 1.39. The molecule has 2 saturated carbocycles. The number of ether oxygens (including phenoxy) is 2. The molecule has 2 rings (SSSR count). The van der Waals surface area contributed by atoms with Gasteiger partial charge in [-0.2, -0.15) is 0 Å². The van der Waals surface area contributed by atoms with E-state index >= 15 is 0 Å². The van der Waals surface area contributed by atoms with E-state index < -0.39 is 0 Å². The first kappa shape index (κ1) is 14.3. The average molecular weight is 269 g/mol. The molecule has 0 aromatic carbocycles. The van der Waals surface area contributed by atoms with E-state index in [2.05, 4.69) is 0 Å². The molecule has 0 radical (unpaired) electrons. The predicted octanol–water partition coefficient (Wildman–Crippen LogP) is 1.07. The van der Waals surface area contributed by atoms with Crippen molar-refractivity contribution in [2.45, 2.75) is 26.2 Å². The fourth-order valence-electron chi connectivity index (χ4n) is 3.01. The maximum absolute atomic E-state index is 12.4. The first-order valence-electron chi connectivity index (χ1n) is 7.09. The Morgan fingerprint density at radius 3 is 2.47 bits per heavy atom.